The Bertz CT molecular complexity index is 1510. The van der Waals surface area contributed by atoms with Gasteiger partial charge in [0.15, 0.2) is 5.78 Å². The molecule has 1 amide bonds. The molecule has 4 heterocycles. The number of pyridine rings is 1. The number of halogens is 2. The maximum Gasteiger partial charge on any atom is 0.244 e. The van der Waals surface area contributed by atoms with Crippen molar-refractivity contribution in [2.75, 3.05) is 6.54 Å². The van der Waals surface area contributed by atoms with Gasteiger partial charge in [0, 0.05) is 48.8 Å². The van der Waals surface area contributed by atoms with E-state index in [-0.39, 0.29) is 43.3 Å². The van der Waals surface area contributed by atoms with Crippen LogP contribution in [0, 0.1) is 6.92 Å². The van der Waals surface area contributed by atoms with E-state index < -0.39 is 18.3 Å². The van der Waals surface area contributed by atoms with Crippen molar-refractivity contribution < 1.29 is 19.1 Å². The molecule has 11 heteroatoms. The third-order valence-corrected chi connectivity index (χ3v) is 7.17. The summed E-state index contributed by atoms with van der Waals surface area (Å²) in [6.07, 6.45) is 1.42. The standard InChI is InChI=1S/C27H26BrFN6O3/c1-15(36)27-21-8-17(18-11-30-16(2)31-12-18)6-7-22(21)35(33-27)14-26(38)34-13-19(29)9-23(34)24(37)10-20-4-3-5-25(28)32-20/h3-8,11-12,19,23-24,37H,9-10,13-14H2,1-2H3/t19-,23+,24+/m1/s1. The molecular formula is C27H26BrFN6O3. The Balaban J connectivity index is 1.40. The molecule has 0 unspecified atom stereocenters. The Hall–Kier alpha value is -3.57. The zero-order valence-corrected chi connectivity index (χ0v) is 22.5. The van der Waals surface area contributed by atoms with E-state index in [2.05, 4.69) is 36.0 Å². The number of benzene rings is 1. The van der Waals surface area contributed by atoms with Gasteiger partial charge in [-0.05, 0) is 52.7 Å². The van der Waals surface area contributed by atoms with Gasteiger partial charge in [-0.3, -0.25) is 14.3 Å². The number of rotatable bonds is 7. The largest absolute Gasteiger partial charge is 0.391 e. The van der Waals surface area contributed by atoms with E-state index in [1.165, 1.54) is 16.5 Å². The molecule has 9 nitrogen and oxygen atoms in total. The number of hydrogen-bond acceptors (Lipinski definition) is 7. The van der Waals surface area contributed by atoms with Gasteiger partial charge in [-0.15, -0.1) is 0 Å². The van der Waals surface area contributed by atoms with Gasteiger partial charge < -0.3 is 10.0 Å². The number of ketones is 1. The quantitative estimate of drug-likeness (QED) is 0.262. The van der Waals surface area contributed by atoms with Crippen LogP contribution in [0.4, 0.5) is 4.39 Å². The van der Waals surface area contributed by atoms with Crippen molar-refractivity contribution in [3.63, 3.8) is 0 Å². The fourth-order valence-corrected chi connectivity index (χ4v) is 5.26. The Kier molecular flexibility index (Phi) is 7.31. The minimum atomic E-state index is -1.24. The van der Waals surface area contributed by atoms with Crippen LogP contribution in [0.25, 0.3) is 22.0 Å². The lowest BCUT2D eigenvalue weighted by atomic mass is 10.0. The molecule has 5 rings (SSSR count). The number of aryl methyl sites for hydroxylation is 1. The molecule has 1 saturated heterocycles. The monoisotopic (exact) mass is 580 g/mol. The molecule has 196 valence electrons. The third kappa shape index (κ3) is 5.34. The highest BCUT2D eigenvalue weighted by molar-refractivity contribution is 9.10. The van der Waals surface area contributed by atoms with Crippen LogP contribution in [0.2, 0.25) is 0 Å². The molecule has 0 aliphatic carbocycles. The van der Waals surface area contributed by atoms with Gasteiger partial charge in [0.2, 0.25) is 5.91 Å². The summed E-state index contributed by atoms with van der Waals surface area (Å²) in [4.78, 5) is 40.0. The first kappa shape index (κ1) is 26.1. The molecule has 1 N–H and O–H groups in total. The maximum absolute atomic E-state index is 14.5. The molecule has 0 bridgehead atoms. The summed E-state index contributed by atoms with van der Waals surface area (Å²) in [5, 5.41) is 15.9. The van der Waals surface area contributed by atoms with Crippen LogP contribution in [-0.4, -0.2) is 71.3 Å². The number of carbonyl (C=O) groups is 2. The number of hydrogen-bond donors (Lipinski definition) is 1. The van der Waals surface area contributed by atoms with Crippen LogP contribution >= 0.6 is 15.9 Å². The fourth-order valence-electron chi connectivity index (χ4n) is 4.88. The summed E-state index contributed by atoms with van der Waals surface area (Å²) in [6, 6.07) is 10.2. The van der Waals surface area contributed by atoms with Gasteiger partial charge in [0.05, 0.1) is 24.2 Å². The second-order valence-corrected chi connectivity index (χ2v) is 10.3. The van der Waals surface area contributed by atoms with E-state index in [9.17, 15) is 19.1 Å². The minimum absolute atomic E-state index is 0.0431. The molecule has 0 radical (unpaired) electrons. The lowest BCUT2D eigenvalue weighted by molar-refractivity contribution is -0.135. The first-order chi connectivity index (χ1) is 18.2. The molecule has 1 fully saturated rings. The summed E-state index contributed by atoms with van der Waals surface area (Å²) in [6.45, 7) is 2.92. The number of aliphatic hydroxyl groups excluding tert-OH is 1. The van der Waals surface area contributed by atoms with E-state index >= 15 is 0 Å². The zero-order valence-electron chi connectivity index (χ0n) is 20.9. The van der Waals surface area contributed by atoms with Gasteiger partial charge in [-0.25, -0.2) is 19.3 Å². The number of likely N-dealkylation sites (tertiary alicyclic amines) is 1. The topological polar surface area (TPSA) is 114 Å². The predicted molar refractivity (Wildman–Crippen MR) is 142 cm³/mol. The van der Waals surface area contributed by atoms with Crippen molar-refractivity contribution in [1.82, 2.24) is 29.6 Å². The molecule has 38 heavy (non-hydrogen) atoms. The number of alkyl halides is 1. The van der Waals surface area contributed by atoms with Crippen molar-refractivity contribution in [2.24, 2.45) is 0 Å². The summed E-state index contributed by atoms with van der Waals surface area (Å²) >= 11 is 3.31. The van der Waals surface area contributed by atoms with Crippen LogP contribution in [-0.2, 0) is 17.8 Å². The Morgan fingerprint density at radius 1 is 1.18 bits per heavy atom. The molecule has 0 spiro atoms. The molecule has 3 atom stereocenters. The summed E-state index contributed by atoms with van der Waals surface area (Å²) in [5.41, 5.74) is 3.09. The van der Waals surface area contributed by atoms with Crippen LogP contribution in [0.3, 0.4) is 0 Å². The van der Waals surface area contributed by atoms with Crippen LogP contribution in [0.5, 0.6) is 0 Å². The fraction of sp³-hybridized carbons (Fsp3) is 0.333. The first-order valence-electron chi connectivity index (χ1n) is 12.2. The minimum Gasteiger partial charge on any atom is -0.391 e. The van der Waals surface area contributed by atoms with Crippen LogP contribution in [0.1, 0.15) is 35.4 Å². The Labute approximate surface area is 226 Å². The van der Waals surface area contributed by atoms with Crippen molar-refractivity contribution >= 4 is 38.5 Å². The number of nitrogens with zero attached hydrogens (tertiary/aromatic N) is 6. The summed E-state index contributed by atoms with van der Waals surface area (Å²) in [7, 11) is 0. The van der Waals surface area contributed by atoms with Gasteiger partial charge in [0.1, 0.15) is 28.8 Å². The van der Waals surface area contributed by atoms with Gasteiger partial charge >= 0.3 is 0 Å². The van der Waals surface area contributed by atoms with E-state index in [0.717, 1.165) is 11.1 Å². The molecule has 1 aliphatic heterocycles. The van der Waals surface area contributed by atoms with Crippen LogP contribution in [0.15, 0.2) is 53.4 Å². The normalized spacial score (nSPS) is 18.2. The average Bonchev–Trinajstić information content (AvgIpc) is 3.45. The second-order valence-electron chi connectivity index (χ2n) is 9.48. The molecular weight excluding hydrogens is 555 g/mol. The van der Waals surface area contributed by atoms with Gasteiger partial charge in [-0.2, -0.15) is 5.10 Å². The molecule has 1 aliphatic rings. The smallest absolute Gasteiger partial charge is 0.244 e. The van der Waals surface area contributed by atoms with E-state index in [1.54, 1.807) is 43.6 Å². The van der Waals surface area contributed by atoms with Crippen molar-refractivity contribution in [2.45, 2.75) is 51.6 Å². The SMILES string of the molecule is CC(=O)c1nn(CC(=O)N2C[C@H](F)C[C@H]2[C@@H](O)Cc2cccc(Br)n2)c2ccc(-c3cnc(C)nc3)cc12. The highest BCUT2D eigenvalue weighted by atomic mass is 79.9. The highest BCUT2D eigenvalue weighted by Crippen LogP contribution is 2.28. The number of aliphatic hydroxyl groups is 1. The molecule has 3 aromatic heterocycles. The summed E-state index contributed by atoms with van der Waals surface area (Å²) < 4.78 is 16.6. The molecule has 1 aromatic carbocycles. The Morgan fingerprint density at radius 3 is 2.66 bits per heavy atom. The predicted octanol–water partition coefficient (Wildman–Crippen LogP) is 3.70. The molecule has 4 aromatic rings. The van der Waals surface area contributed by atoms with Crippen molar-refractivity contribution in [3.05, 3.63) is 70.6 Å². The van der Waals surface area contributed by atoms with E-state index in [0.29, 0.717) is 27.0 Å². The number of fused-ring (bicyclic) bond motifs is 1. The first-order valence-corrected chi connectivity index (χ1v) is 13.0. The lowest BCUT2D eigenvalue weighted by Gasteiger charge is -2.28. The van der Waals surface area contributed by atoms with Crippen LogP contribution < -0.4 is 0 Å². The maximum atomic E-state index is 14.5. The highest BCUT2D eigenvalue weighted by Gasteiger charge is 2.39. The molecule has 0 saturated carbocycles. The number of aromatic nitrogens is 5. The zero-order chi connectivity index (χ0) is 27.0. The average molecular weight is 581 g/mol. The van der Waals surface area contributed by atoms with Gasteiger partial charge in [-0.1, -0.05) is 12.1 Å². The van der Waals surface area contributed by atoms with Gasteiger partial charge in [0.25, 0.3) is 0 Å². The van der Waals surface area contributed by atoms with E-state index in [1.807, 2.05) is 12.1 Å². The number of carbonyl (C=O) groups excluding carboxylic acids is 2. The Morgan fingerprint density at radius 2 is 1.95 bits per heavy atom. The lowest BCUT2D eigenvalue weighted by Crippen LogP contribution is -2.45. The van der Waals surface area contributed by atoms with Crippen molar-refractivity contribution in [3.8, 4) is 11.1 Å². The third-order valence-electron chi connectivity index (χ3n) is 6.73. The second kappa shape index (κ2) is 10.7. The number of Topliss-reactive ketones (excluding diaryl/α,β-unsaturated/α-hetero) is 1. The van der Waals surface area contributed by atoms with Crippen molar-refractivity contribution in [1.29, 1.82) is 0 Å². The summed E-state index contributed by atoms with van der Waals surface area (Å²) in [5.74, 6) is 0.0320. The van der Waals surface area contributed by atoms with E-state index in [4.69, 9.17) is 0 Å². The number of amides is 1.